The van der Waals surface area contributed by atoms with Crippen molar-refractivity contribution in [2.24, 2.45) is 0 Å². The predicted molar refractivity (Wildman–Crippen MR) is 86.4 cm³/mol. The third kappa shape index (κ3) is 4.97. The highest BCUT2D eigenvalue weighted by molar-refractivity contribution is 7.89. The molecular formula is C16H16F2N2O4S. The van der Waals surface area contributed by atoms with Crippen molar-refractivity contribution in [1.82, 2.24) is 10.3 Å². The van der Waals surface area contributed by atoms with Gasteiger partial charge in [0.25, 0.3) is 15.9 Å². The molecular weight excluding hydrogens is 354 g/mol. The molecule has 0 heterocycles. The second-order valence-corrected chi connectivity index (χ2v) is 7.01. The molecule has 9 heteroatoms. The van der Waals surface area contributed by atoms with Gasteiger partial charge < -0.3 is 4.74 Å². The molecule has 0 aromatic heterocycles. The van der Waals surface area contributed by atoms with Crippen LogP contribution in [0.15, 0.2) is 47.4 Å². The number of halogens is 2. The summed E-state index contributed by atoms with van der Waals surface area (Å²) in [4.78, 5) is 13.3. The lowest BCUT2D eigenvalue weighted by Gasteiger charge is -2.11. The van der Waals surface area contributed by atoms with Gasteiger partial charge in [0, 0.05) is 5.56 Å². The van der Waals surface area contributed by atoms with E-state index in [4.69, 9.17) is 4.74 Å². The zero-order valence-corrected chi connectivity index (χ0v) is 14.2. The van der Waals surface area contributed by atoms with Crippen LogP contribution in [-0.2, 0) is 10.0 Å². The van der Waals surface area contributed by atoms with Crippen LogP contribution in [0.25, 0.3) is 0 Å². The Hall–Kier alpha value is -2.52. The van der Waals surface area contributed by atoms with Crippen molar-refractivity contribution in [3.8, 4) is 5.75 Å². The van der Waals surface area contributed by atoms with Crippen molar-refractivity contribution in [2.45, 2.75) is 24.8 Å². The summed E-state index contributed by atoms with van der Waals surface area (Å²) in [6.07, 6.45) is -0.0254. The van der Waals surface area contributed by atoms with Gasteiger partial charge in [-0.15, -0.1) is 4.83 Å². The van der Waals surface area contributed by atoms with E-state index in [1.165, 1.54) is 12.1 Å². The average Bonchev–Trinajstić information content (AvgIpc) is 2.55. The molecule has 25 heavy (non-hydrogen) atoms. The van der Waals surface area contributed by atoms with Gasteiger partial charge >= 0.3 is 0 Å². The summed E-state index contributed by atoms with van der Waals surface area (Å²) in [7, 11) is -4.24. The first-order valence-electron chi connectivity index (χ1n) is 7.23. The first-order valence-corrected chi connectivity index (χ1v) is 8.71. The van der Waals surface area contributed by atoms with Gasteiger partial charge in [0.1, 0.15) is 5.75 Å². The number of ether oxygens (including phenoxy) is 1. The number of hydrogen-bond acceptors (Lipinski definition) is 4. The highest BCUT2D eigenvalue weighted by Crippen LogP contribution is 2.15. The van der Waals surface area contributed by atoms with E-state index in [1.54, 1.807) is 12.1 Å². The van der Waals surface area contributed by atoms with E-state index >= 15 is 0 Å². The van der Waals surface area contributed by atoms with Crippen molar-refractivity contribution in [3.63, 3.8) is 0 Å². The summed E-state index contributed by atoms with van der Waals surface area (Å²) in [6, 6.07) is 8.13. The van der Waals surface area contributed by atoms with E-state index in [2.05, 4.69) is 0 Å². The number of amides is 1. The fraction of sp³-hybridized carbons (Fsp3) is 0.188. The maximum Gasteiger partial charge on any atom is 0.266 e. The molecule has 0 unspecified atom stereocenters. The number of carbonyl (C=O) groups excluding carboxylic acids is 1. The summed E-state index contributed by atoms with van der Waals surface area (Å²) in [6.45, 7) is 3.71. The third-order valence-corrected chi connectivity index (χ3v) is 4.23. The molecule has 0 aliphatic heterocycles. The quantitative estimate of drug-likeness (QED) is 0.765. The standard InChI is InChI=1S/C16H16F2N2O4S/c1-10(2)24-12-5-3-11(4-6-12)16(21)19-20-25(22,23)13-7-8-14(17)15(18)9-13/h3-10,20H,1-2H3,(H,19,21). The summed E-state index contributed by atoms with van der Waals surface area (Å²) in [5.41, 5.74) is 2.18. The van der Waals surface area contributed by atoms with Crippen molar-refractivity contribution in [3.05, 3.63) is 59.7 Å². The number of hydrogen-bond donors (Lipinski definition) is 2. The van der Waals surface area contributed by atoms with Crippen LogP contribution in [0, 0.1) is 11.6 Å². The Morgan fingerprint density at radius 1 is 1.04 bits per heavy atom. The smallest absolute Gasteiger partial charge is 0.266 e. The predicted octanol–water partition coefficient (Wildman–Crippen LogP) is 2.38. The molecule has 0 fully saturated rings. The number of nitrogens with one attached hydrogen (secondary N) is 2. The van der Waals surface area contributed by atoms with Crippen LogP contribution in [0.1, 0.15) is 24.2 Å². The number of carbonyl (C=O) groups is 1. The molecule has 0 aliphatic rings. The van der Waals surface area contributed by atoms with Crippen molar-refractivity contribution >= 4 is 15.9 Å². The Morgan fingerprint density at radius 2 is 1.68 bits per heavy atom. The largest absolute Gasteiger partial charge is 0.491 e. The van der Waals surface area contributed by atoms with Gasteiger partial charge in [-0.25, -0.2) is 17.2 Å². The van der Waals surface area contributed by atoms with E-state index in [9.17, 15) is 22.0 Å². The molecule has 2 aromatic rings. The highest BCUT2D eigenvalue weighted by atomic mass is 32.2. The minimum absolute atomic E-state index is 0.0254. The molecule has 0 saturated heterocycles. The van der Waals surface area contributed by atoms with Gasteiger partial charge in [-0.2, -0.15) is 0 Å². The number of sulfonamides is 1. The molecule has 2 N–H and O–H groups in total. The Morgan fingerprint density at radius 3 is 2.24 bits per heavy atom. The van der Waals surface area contributed by atoms with Gasteiger partial charge in [-0.3, -0.25) is 10.2 Å². The molecule has 0 atom stereocenters. The van der Waals surface area contributed by atoms with Crippen LogP contribution in [0.5, 0.6) is 5.75 Å². The van der Waals surface area contributed by atoms with Gasteiger partial charge in [-0.1, -0.05) is 0 Å². The third-order valence-electron chi connectivity index (χ3n) is 2.99. The number of benzene rings is 2. The van der Waals surface area contributed by atoms with Crippen molar-refractivity contribution in [2.75, 3.05) is 0 Å². The maximum atomic E-state index is 13.1. The fourth-order valence-corrected chi connectivity index (χ4v) is 2.70. The van der Waals surface area contributed by atoms with Crippen molar-refractivity contribution < 1.29 is 26.7 Å². The highest BCUT2D eigenvalue weighted by Gasteiger charge is 2.18. The summed E-state index contributed by atoms with van der Waals surface area (Å²) < 4.78 is 55.4. The lowest BCUT2D eigenvalue weighted by molar-refractivity contribution is 0.0945. The monoisotopic (exact) mass is 370 g/mol. The lowest BCUT2D eigenvalue weighted by Crippen LogP contribution is -2.41. The Bertz CT molecular complexity index is 868. The van der Waals surface area contributed by atoms with Crippen LogP contribution >= 0.6 is 0 Å². The van der Waals surface area contributed by atoms with E-state index in [-0.39, 0.29) is 11.7 Å². The zero-order valence-electron chi connectivity index (χ0n) is 13.4. The molecule has 0 aliphatic carbocycles. The fourth-order valence-electron chi connectivity index (χ4n) is 1.85. The zero-order chi connectivity index (χ0) is 18.6. The summed E-state index contributed by atoms with van der Waals surface area (Å²) in [5, 5.41) is 0. The molecule has 2 rings (SSSR count). The first kappa shape index (κ1) is 18.8. The molecule has 1 amide bonds. The molecule has 0 saturated carbocycles. The van der Waals surface area contributed by atoms with Gasteiger partial charge in [-0.05, 0) is 56.3 Å². The molecule has 0 bridgehead atoms. The van der Waals surface area contributed by atoms with Gasteiger partial charge in [0.2, 0.25) is 0 Å². The number of rotatable bonds is 6. The summed E-state index contributed by atoms with van der Waals surface area (Å²) >= 11 is 0. The van der Waals surface area contributed by atoms with Crippen molar-refractivity contribution in [1.29, 1.82) is 0 Å². The van der Waals surface area contributed by atoms with E-state index in [1.807, 2.05) is 24.1 Å². The van der Waals surface area contributed by atoms with E-state index < -0.39 is 32.5 Å². The maximum absolute atomic E-state index is 13.1. The van der Waals surface area contributed by atoms with Gasteiger partial charge in [0.15, 0.2) is 11.6 Å². The molecule has 2 aromatic carbocycles. The second kappa shape index (κ2) is 7.58. The Balaban J connectivity index is 2.04. The number of hydrazine groups is 1. The topological polar surface area (TPSA) is 84.5 Å². The van der Waals surface area contributed by atoms with Gasteiger partial charge in [0.05, 0.1) is 11.0 Å². The van der Waals surface area contributed by atoms with Crippen LogP contribution in [0.3, 0.4) is 0 Å². The minimum Gasteiger partial charge on any atom is -0.491 e. The second-order valence-electron chi connectivity index (χ2n) is 5.33. The molecule has 134 valence electrons. The lowest BCUT2D eigenvalue weighted by atomic mass is 10.2. The minimum atomic E-state index is -4.24. The van der Waals surface area contributed by atoms with Crippen LogP contribution in [0.4, 0.5) is 8.78 Å². The SMILES string of the molecule is CC(C)Oc1ccc(C(=O)NNS(=O)(=O)c2ccc(F)c(F)c2)cc1. The molecule has 6 nitrogen and oxygen atoms in total. The van der Waals surface area contributed by atoms with E-state index in [0.29, 0.717) is 17.9 Å². The average molecular weight is 370 g/mol. The molecule has 0 radical (unpaired) electrons. The molecule has 0 spiro atoms. The van der Waals surface area contributed by atoms with Crippen LogP contribution < -0.4 is 15.0 Å². The van der Waals surface area contributed by atoms with Crippen LogP contribution in [0.2, 0.25) is 0 Å². The normalized spacial score (nSPS) is 11.4. The Kier molecular flexibility index (Phi) is 5.70. The van der Waals surface area contributed by atoms with Crippen LogP contribution in [-0.4, -0.2) is 20.4 Å². The Labute approximate surface area is 143 Å². The first-order chi connectivity index (χ1) is 11.7. The summed E-state index contributed by atoms with van der Waals surface area (Å²) in [5.74, 6) is -2.64. The van der Waals surface area contributed by atoms with E-state index in [0.717, 1.165) is 6.07 Å².